The number of methoxy groups -OCH3 is 4. The van der Waals surface area contributed by atoms with E-state index in [-0.39, 0.29) is 105 Å². The number of esters is 5. The Hall–Kier alpha value is -14.8. The van der Waals surface area contributed by atoms with Crippen LogP contribution in [-0.4, -0.2) is 159 Å². The number of carboxylic acid groups (broad SMARTS) is 2. The number of amides is 4. The van der Waals surface area contributed by atoms with Gasteiger partial charge in [0.25, 0.3) is 31.8 Å². The van der Waals surface area contributed by atoms with Crippen molar-refractivity contribution in [2.75, 3.05) is 35.0 Å². The van der Waals surface area contributed by atoms with Crippen molar-refractivity contribution in [1.29, 1.82) is 0 Å². The van der Waals surface area contributed by atoms with Gasteiger partial charge in [-0.05, 0) is 248 Å². The van der Waals surface area contributed by atoms with Crippen LogP contribution < -0.4 is 10.6 Å². The Balaban J connectivity index is 0.000000537. The van der Waals surface area contributed by atoms with E-state index in [1.165, 1.54) is 46.6 Å². The number of aromatic carboxylic acids is 2. The second kappa shape index (κ2) is 56.8. The van der Waals surface area contributed by atoms with E-state index in [2.05, 4.69) is 87.7 Å². The van der Waals surface area contributed by atoms with E-state index in [9.17, 15) is 82.1 Å². The largest absolute Gasteiger partial charge is 0.478 e. The van der Waals surface area contributed by atoms with Crippen molar-refractivity contribution in [3.05, 3.63) is 276 Å². The van der Waals surface area contributed by atoms with E-state index in [1.807, 2.05) is 19.1 Å². The zero-order valence-electron chi connectivity index (χ0n) is 78.8. The Labute approximate surface area is 798 Å². The third-order valence-corrected chi connectivity index (χ3v) is 19.2. The molecule has 0 atom stereocenters. The maximum atomic E-state index is 12.4. The molecule has 0 radical (unpaired) electrons. The van der Waals surface area contributed by atoms with Crippen LogP contribution in [0.1, 0.15) is 245 Å². The number of alkyl carbamates (subject to hydrolysis) is 2. The smallest absolute Gasteiger partial charge is 0.417 e. The lowest BCUT2D eigenvalue weighted by molar-refractivity contribution is -0.130. The second-order valence-corrected chi connectivity index (χ2v) is 33.0. The first kappa shape index (κ1) is 116. The molecule has 0 fully saturated rings. The van der Waals surface area contributed by atoms with Crippen LogP contribution in [0.5, 0.6) is 0 Å². The molecular formula is C96H110Br2N8O29. The SMILES string of the molecule is C=CCOC(=O)c1cc(C)c(C(=O)O)c(CNC(=O)OC(C)(C)C)c1.COC(=O)c1c(C)cc(COC=O)cc1CBr.COC(=O)c1c(C)cc(COC=O)cc1CN=[N+]=[N-].Cc1cc(COC=O)cc(CNC(=O)OC(C)(C)C)c1C(=O)O.Cc1cc(COC=O)cc2c1C(=O)N(C(=O)OC(C)(C)C)C2.[C-]#[N+]c1cc(C)c(C(=O)OC)c(C)c1.[C-]#[N+]c1cc(C)c(C(=O)OC)c(CBr)c1. The predicted molar refractivity (Wildman–Crippen MR) is 499 cm³/mol. The fourth-order valence-corrected chi connectivity index (χ4v) is 13.8. The van der Waals surface area contributed by atoms with Crippen LogP contribution in [0, 0.1) is 68.5 Å². The Morgan fingerprint density at radius 2 is 0.793 bits per heavy atom. The first-order valence-electron chi connectivity index (χ1n) is 40.5. The lowest BCUT2D eigenvalue weighted by atomic mass is 9.98. The maximum absolute atomic E-state index is 12.4. The molecule has 722 valence electrons. The molecule has 0 aromatic heterocycles. The van der Waals surface area contributed by atoms with Crippen molar-refractivity contribution >= 4 is 135 Å². The fraction of sp³-hybridized carbons (Fsp3) is 0.365. The molecule has 0 unspecified atom stereocenters. The van der Waals surface area contributed by atoms with Crippen LogP contribution >= 0.6 is 31.9 Å². The van der Waals surface area contributed by atoms with Gasteiger partial charge in [-0.2, -0.15) is 0 Å². The molecule has 37 nitrogen and oxygen atoms in total. The molecule has 8 rings (SSSR count). The number of halogens is 2. The monoisotopic (exact) mass is 2000 g/mol. The number of hydrogen-bond donors (Lipinski definition) is 4. The van der Waals surface area contributed by atoms with E-state index in [4.69, 9.17) is 56.6 Å². The molecule has 4 amide bonds. The summed E-state index contributed by atoms with van der Waals surface area (Å²) in [5.41, 5.74) is 22.3. The molecule has 0 spiro atoms. The molecular weight excluding hydrogens is 1890 g/mol. The van der Waals surface area contributed by atoms with Gasteiger partial charge in [-0.25, -0.2) is 62.5 Å². The summed E-state index contributed by atoms with van der Waals surface area (Å²) in [6.07, 6.45) is -0.539. The first-order valence-corrected chi connectivity index (χ1v) is 42.7. The molecule has 0 saturated carbocycles. The molecule has 135 heavy (non-hydrogen) atoms. The summed E-state index contributed by atoms with van der Waals surface area (Å²) in [5.74, 6) is -4.77. The Morgan fingerprint density at radius 1 is 0.459 bits per heavy atom. The number of rotatable bonds is 29. The van der Waals surface area contributed by atoms with E-state index in [1.54, 1.807) is 171 Å². The first-order chi connectivity index (χ1) is 63.4. The van der Waals surface area contributed by atoms with Crippen LogP contribution in [0.2, 0.25) is 0 Å². The van der Waals surface area contributed by atoms with Crippen molar-refractivity contribution < 1.29 is 139 Å². The number of nitrogens with zero attached hydrogens (tertiary/aromatic N) is 6. The summed E-state index contributed by atoms with van der Waals surface area (Å²) >= 11 is 6.62. The van der Waals surface area contributed by atoms with Crippen molar-refractivity contribution in [3.63, 3.8) is 0 Å². The van der Waals surface area contributed by atoms with Crippen LogP contribution in [0.15, 0.2) is 103 Å². The number of imide groups is 1. The average Bonchev–Trinajstić information content (AvgIpc) is 1.62. The molecule has 4 N–H and O–H groups in total. The van der Waals surface area contributed by atoms with Gasteiger partial charge in [0.05, 0.1) is 93.6 Å². The topological polar surface area (TPSA) is 492 Å². The van der Waals surface area contributed by atoms with Crippen LogP contribution in [0.4, 0.5) is 25.8 Å². The van der Waals surface area contributed by atoms with Gasteiger partial charge in [-0.3, -0.25) is 24.0 Å². The Kier molecular flexibility index (Phi) is 48.9. The maximum Gasteiger partial charge on any atom is 0.417 e. The Morgan fingerprint density at radius 3 is 1.16 bits per heavy atom. The van der Waals surface area contributed by atoms with Crippen molar-refractivity contribution in [3.8, 4) is 0 Å². The van der Waals surface area contributed by atoms with Gasteiger partial charge in [0.1, 0.15) is 49.8 Å². The van der Waals surface area contributed by atoms with Gasteiger partial charge >= 0.3 is 60.1 Å². The number of carbonyl (C=O) groups excluding carboxylic acids is 13. The van der Waals surface area contributed by atoms with Gasteiger partial charge in [0.15, 0.2) is 11.4 Å². The number of aryl methyl sites for hydroxylation is 8. The fourth-order valence-electron chi connectivity index (χ4n) is 12.9. The molecule has 1 aliphatic heterocycles. The van der Waals surface area contributed by atoms with Crippen molar-refractivity contribution in [1.82, 2.24) is 15.5 Å². The molecule has 0 aliphatic carbocycles. The number of hydrogen-bond acceptors (Lipinski definition) is 28. The second-order valence-electron chi connectivity index (χ2n) is 31.9. The van der Waals surface area contributed by atoms with E-state index in [0.717, 1.165) is 60.5 Å². The predicted octanol–water partition coefficient (Wildman–Crippen LogP) is 18.5. The molecule has 7 aromatic rings. The summed E-state index contributed by atoms with van der Waals surface area (Å²) in [5, 5.41) is 28.3. The number of ether oxygens (including phenoxy) is 12. The molecule has 1 aliphatic rings. The normalized spacial score (nSPS) is 10.6. The highest BCUT2D eigenvalue weighted by Gasteiger charge is 2.37. The van der Waals surface area contributed by atoms with E-state index < -0.39 is 59.0 Å². The minimum absolute atomic E-state index is 0.00762. The van der Waals surface area contributed by atoms with Crippen LogP contribution in [0.25, 0.3) is 20.1 Å². The van der Waals surface area contributed by atoms with E-state index >= 15 is 0 Å². The zero-order chi connectivity index (χ0) is 103. The van der Waals surface area contributed by atoms with Gasteiger partial charge in [0, 0.05) is 34.2 Å². The number of nitrogens with one attached hydrogen (secondary N) is 2. The standard InChI is InChI=1S/C18H23NO6.C16H21NO6.C16H19NO5.C12H13BrO4.C12H13N3O4.C11H10BrNO2.C11H11NO2/c1-6-7-24-16(22)12-8-11(2)14(15(20)21)13(9-12)10-19-17(23)25-18(3,4)5;1-10-5-11(8-22-9-18)6-12(13(10)14(19)20)7-17-15(21)23-16(2,3)4;1-10-5-11(8-21-9-18)6-12-7-17(14(19)13(10)12)15(20)22-16(2,3)4;1-8-3-9(6-17-7-14)4-10(5-13)11(8)12(15)16-2;1-8-3-9(6-19-7-16)4-10(5-14-15-13)11(8)12(17)18-2;1-7-4-9(13-2)5-8(6-12)10(7)11(14)15-3;1-7-5-9(12-3)6-8(2)10(7)11(13)14-4/h6,8-9H,1,7,10H2,2-5H3,(H,19,23)(H,20,21);5-6,9H,7-8H2,1-4H3,(H,17,21)(H,19,20);5-6,9H,7-8H2,1-4H3;3-4,7H,5-6H2,1-2H3;3-4,7H,5-6H2,1-2H3;4-5H,6H2,1,3H3;5-6H,1-2,4H3. The summed E-state index contributed by atoms with van der Waals surface area (Å²) < 4.78 is 58.0. The number of carboxylic acids is 2. The number of benzene rings is 7. The van der Waals surface area contributed by atoms with Gasteiger partial charge in [0.2, 0.25) is 0 Å². The van der Waals surface area contributed by atoms with Gasteiger partial charge < -0.3 is 77.7 Å². The van der Waals surface area contributed by atoms with Gasteiger partial charge in [-0.15, -0.1) is 0 Å². The average molecular weight is 2000 g/mol. The van der Waals surface area contributed by atoms with Crippen molar-refractivity contribution in [2.24, 2.45) is 5.11 Å². The lowest BCUT2D eigenvalue weighted by Crippen LogP contribution is -2.37. The van der Waals surface area contributed by atoms with E-state index in [0.29, 0.717) is 115 Å². The minimum Gasteiger partial charge on any atom is -0.478 e. The molecule has 39 heteroatoms. The summed E-state index contributed by atoms with van der Waals surface area (Å²) in [6.45, 7) is 48.8. The highest BCUT2D eigenvalue weighted by molar-refractivity contribution is 9.08. The Bertz CT molecular complexity index is 5630. The lowest BCUT2D eigenvalue weighted by Gasteiger charge is -2.23. The number of azide groups is 1. The van der Waals surface area contributed by atoms with Crippen LogP contribution in [-0.2, 0) is 139 Å². The molecule has 7 aromatic carbocycles. The van der Waals surface area contributed by atoms with Crippen LogP contribution in [0.3, 0.4) is 0 Å². The third kappa shape index (κ3) is 38.5. The quantitative estimate of drug-likeness (QED) is 0.00389. The zero-order valence-corrected chi connectivity index (χ0v) is 82.0. The minimum atomic E-state index is -1.15. The van der Waals surface area contributed by atoms with Crippen molar-refractivity contribution in [2.45, 2.75) is 198 Å². The number of carbonyl (C=O) groups is 15. The molecule has 1 heterocycles. The number of alkyl halides is 2. The third-order valence-electron chi connectivity index (χ3n) is 18.0. The summed E-state index contributed by atoms with van der Waals surface area (Å²) in [7, 11) is 5.33. The van der Waals surface area contributed by atoms with Gasteiger partial charge in [-0.1, -0.05) is 110 Å². The number of fused-ring (bicyclic) bond motifs is 1. The molecule has 0 bridgehead atoms. The summed E-state index contributed by atoms with van der Waals surface area (Å²) in [6, 6.07) is 23.3. The highest BCUT2D eigenvalue weighted by Crippen LogP contribution is 2.32. The summed E-state index contributed by atoms with van der Waals surface area (Å²) in [4.78, 5) is 180. The molecule has 0 saturated heterocycles. The highest BCUT2D eigenvalue weighted by atomic mass is 79.9.